The molecule has 0 aromatic heterocycles. The van der Waals surface area contributed by atoms with Gasteiger partial charge in [0.2, 0.25) is 5.91 Å². The van der Waals surface area contributed by atoms with Crippen molar-refractivity contribution >= 4 is 30.7 Å². The number of carbonyl (C=O) groups excluding carboxylic acids is 1. The van der Waals surface area contributed by atoms with Crippen LogP contribution >= 0.6 is 24.8 Å². The number of hydrogen-bond donors (Lipinski definition) is 2. The lowest BCUT2D eigenvalue weighted by Gasteiger charge is -2.46. The molecule has 2 heterocycles. The Balaban J connectivity index is 0.00000216. The van der Waals surface area contributed by atoms with E-state index >= 15 is 0 Å². The number of halogens is 2. The van der Waals surface area contributed by atoms with E-state index in [0.29, 0.717) is 24.9 Å². The number of hydrogen-bond acceptors (Lipinski definition) is 5. The molecular formula is C27H39Cl2N3O3. The average molecular weight is 525 g/mol. The molecular weight excluding hydrogens is 485 g/mol. The molecule has 3 atom stereocenters. The second-order valence-corrected chi connectivity index (χ2v) is 9.40. The average Bonchev–Trinajstić information content (AvgIpc) is 2.84. The van der Waals surface area contributed by atoms with Gasteiger partial charge in [-0.05, 0) is 61.4 Å². The Hall–Kier alpha value is -1.99. The molecule has 6 nitrogen and oxygen atoms in total. The van der Waals surface area contributed by atoms with Crippen LogP contribution in [0.4, 0.5) is 0 Å². The van der Waals surface area contributed by atoms with Crippen LogP contribution in [0.15, 0.2) is 48.5 Å². The van der Waals surface area contributed by atoms with E-state index in [4.69, 9.17) is 9.47 Å². The van der Waals surface area contributed by atoms with Crippen LogP contribution in [0.25, 0.3) is 0 Å². The smallest absolute Gasteiger partial charge is 0.220 e. The zero-order valence-corrected chi connectivity index (χ0v) is 22.3. The van der Waals surface area contributed by atoms with Gasteiger partial charge in [-0.3, -0.25) is 9.69 Å². The molecule has 8 heteroatoms. The highest BCUT2D eigenvalue weighted by Crippen LogP contribution is 2.31. The summed E-state index contributed by atoms with van der Waals surface area (Å²) >= 11 is 0. The Labute approximate surface area is 222 Å². The highest BCUT2D eigenvalue weighted by Gasteiger charge is 2.36. The molecule has 2 aromatic carbocycles. The predicted molar refractivity (Wildman–Crippen MR) is 145 cm³/mol. The van der Waals surface area contributed by atoms with Crippen LogP contribution in [-0.4, -0.2) is 50.7 Å². The summed E-state index contributed by atoms with van der Waals surface area (Å²) in [5.41, 5.74) is 2.32. The van der Waals surface area contributed by atoms with Crippen molar-refractivity contribution in [3.8, 4) is 11.5 Å². The van der Waals surface area contributed by atoms with E-state index in [1.54, 1.807) is 14.2 Å². The summed E-state index contributed by atoms with van der Waals surface area (Å²) in [7, 11) is 3.28. The number of carbonyl (C=O) groups is 1. The summed E-state index contributed by atoms with van der Waals surface area (Å²) in [6.45, 7) is 4.90. The summed E-state index contributed by atoms with van der Waals surface area (Å²) in [5, 5.41) is 6.81. The predicted octanol–water partition coefficient (Wildman–Crippen LogP) is 4.44. The Morgan fingerprint density at radius 1 is 1.09 bits per heavy atom. The number of likely N-dealkylation sites (tertiary alicyclic amines) is 1. The van der Waals surface area contributed by atoms with E-state index < -0.39 is 0 Å². The summed E-state index contributed by atoms with van der Waals surface area (Å²) < 4.78 is 10.7. The molecule has 2 saturated heterocycles. The Bertz CT molecular complexity index is 916. The van der Waals surface area contributed by atoms with Crippen LogP contribution in [-0.2, 0) is 17.9 Å². The van der Waals surface area contributed by atoms with Crippen LogP contribution in [0, 0.1) is 11.8 Å². The lowest BCUT2D eigenvalue weighted by molar-refractivity contribution is -0.121. The van der Waals surface area contributed by atoms with Gasteiger partial charge in [0.1, 0.15) is 11.5 Å². The van der Waals surface area contributed by atoms with E-state index in [1.165, 1.54) is 18.5 Å². The van der Waals surface area contributed by atoms with Gasteiger partial charge >= 0.3 is 0 Å². The molecule has 2 aliphatic heterocycles. The second-order valence-electron chi connectivity index (χ2n) is 9.40. The number of rotatable bonds is 10. The first kappa shape index (κ1) is 29.2. The fourth-order valence-corrected chi connectivity index (χ4v) is 5.37. The van der Waals surface area contributed by atoms with E-state index in [2.05, 4.69) is 45.9 Å². The third kappa shape index (κ3) is 8.28. The molecule has 0 unspecified atom stereocenters. The molecule has 194 valence electrons. The summed E-state index contributed by atoms with van der Waals surface area (Å²) in [6.07, 6.45) is 3.81. The van der Waals surface area contributed by atoms with Gasteiger partial charge in [0.25, 0.3) is 0 Å². The molecule has 0 aliphatic carbocycles. The van der Waals surface area contributed by atoms with E-state index in [9.17, 15) is 4.79 Å². The van der Waals surface area contributed by atoms with Crippen molar-refractivity contribution in [1.29, 1.82) is 0 Å². The van der Waals surface area contributed by atoms with E-state index in [1.807, 2.05) is 18.2 Å². The van der Waals surface area contributed by atoms with E-state index in [0.717, 1.165) is 55.5 Å². The fraction of sp³-hybridized carbons (Fsp3) is 0.519. The molecule has 2 fully saturated rings. The number of nitrogens with zero attached hydrogens (tertiary/aromatic N) is 1. The van der Waals surface area contributed by atoms with Crippen molar-refractivity contribution < 1.29 is 14.3 Å². The van der Waals surface area contributed by atoms with Crippen molar-refractivity contribution in [1.82, 2.24) is 15.5 Å². The topological polar surface area (TPSA) is 62.8 Å². The van der Waals surface area contributed by atoms with E-state index in [-0.39, 0.29) is 30.7 Å². The molecule has 2 aromatic rings. The zero-order chi connectivity index (χ0) is 23.0. The lowest BCUT2D eigenvalue weighted by Crippen LogP contribution is -2.55. The van der Waals surface area contributed by atoms with Crippen molar-refractivity contribution in [2.45, 2.75) is 44.8 Å². The number of benzene rings is 2. The fourth-order valence-electron chi connectivity index (χ4n) is 5.37. The monoisotopic (exact) mass is 523 g/mol. The molecule has 1 amide bonds. The van der Waals surface area contributed by atoms with Crippen molar-refractivity contribution in [3.05, 3.63) is 59.7 Å². The molecule has 35 heavy (non-hydrogen) atoms. The number of nitrogens with one attached hydrogen (secondary N) is 2. The third-order valence-electron chi connectivity index (χ3n) is 7.01. The third-order valence-corrected chi connectivity index (χ3v) is 7.01. The number of amides is 1. The lowest BCUT2D eigenvalue weighted by atomic mass is 9.79. The minimum Gasteiger partial charge on any atom is -0.497 e. The van der Waals surface area contributed by atoms with Crippen molar-refractivity contribution in [2.24, 2.45) is 11.8 Å². The molecule has 0 saturated carbocycles. The Morgan fingerprint density at radius 3 is 2.63 bits per heavy atom. The van der Waals surface area contributed by atoms with Crippen LogP contribution in [0.5, 0.6) is 11.5 Å². The minimum absolute atomic E-state index is 0. The maximum Gasteiger partial charge on any atom is 0.220 e. The normalized spacial score (nSPS) is 21.3. The minimum atomic E-state index is 0. The quantitative estimate of drug-likeness (QED) is 0.481. The van der Waals surface area contributed by atoms with Gasteiger partial charge in [-0.2, -0.15) is 0 Å². The van der Waals surface area contributed by atoms with Gasteiger partial charge in [-0.25, -0.2) is 0 Å². The first-order chi connectivity index (χ1) is 16.1. The molecule has 0 spiro atoms. The Morgan fingerprint density at radius 2 is 1.89 bits per heavy atom. The molecule has 0 radical (unpaired) electrons. The molecule has 2 aliphatic rings. The maximum absolute atomic E-state index is 12.5. The largest absolute Gasteiger partial charge is 0.497 e. The first-order valence-electron chi connectivity index (χ1n) is 12.1. The Kier molecular flexibility index (Phi) is 12.1. The van der Waals surface area contributed by atoms with Crippen molar-refractivity contribution in [3.63, 3.8) is 0 Å². The van der Waals surface area contributed by atoms with Crippen LogP contribution < -0.4 is 20.1 Å². The molecule has 2 N–H and O–H groups in total. The van der Waals surface area contributed by atoms with Gasteiger partial charge in [0.15, 0.2) is 0 Å². The first-order valence-corrected chi connectivity index (χ1v) is 12.1. The van der Waals surface area contributed by atoms with Crippen LogP contribution in [0.3, 0.4) is 0 Å². The number of ether oxygens (including phenoxy) is 2. The highest BCUT2D eigenvalue weighted by atomic mass is 35.5. The van der Waals surface area contributed by atoms with Gasteiger partial charge in [-0.1, -0.05) is 30.3 Å². The summed E-state index contributed by atoms with van der Waals surface area (Å²) in [5.74, 6) is 3.02. The van der Waals surface area contributed by atoms with Gasteiger partial charge in [0.05, 0.1) is 14.2 Å². The van der Waals surface area contributed by atoms with Crippen LogP contribution in [0.1, 0.15) is 36.8 Å². The molecule has 4 rings (SSSR count). The zero-order valence-electron chi connectivity index (χ0n) is 20.7. The summed E-state index contributed by atoms with van der Waals surface area (Å²) in [6, 6.07) is 16.9. The standard InChI is InChI=1S/C27H37N3O3.2ClH/c1-32-24-11-12-26(33-2)22(14-24)16-29-27(31)10-6-9-25-23-13-21(15-28-25)18-30(19-23)17-20-7-4-3-5-8-20;;/h3-5,7-8,11-12,14,21,23,25,28H,6,9-10,13,15-19H2,1-2H3,(H,29,31);2*1H/t21-,23-,25+;;/m0../s1. The van der Waals surface area contributed by atoms with Gasteiger partial charge in [-0.15, -0.1) is 24.8 Å². The second kappa shape index (κ2) is 14.5. The highest BCUT2D eigenvalue weighted by molar-refractivity contribution is 5.85. The SMILES string of the molecule is COc1ccc(OC)c(CNC(=O)CCC[C@H]2NC[C@@H]3C[C@H]2CN(Cc2ccccc2)C3)c1.Cl.Cl. The van der Waals surface area contributed by atoms with Crippen LogP contribution in [0.2, 0.25) is 0 Å². The number of methoxy groups -OCH3 is 2. The van der Waals surface area contributed by atoms with Gasteiger partial charge < -0.3 is 20.1 Å². The molecule has 2 bridgehead atoms. The number of piperidine rings is 2. The summed E-state index contributed by atoms with van der Waals surface area (Å²) in [4.78, 5) is 15.1. The van der Waals surface area contributed by atoms with Crippen molar-refractivity contribution in [2.75, 3.05) is 33.9 Å². The van der Waals surface area contributed by atoms with Gasteiger partial charge in [0, 0.05) is 44.2 Å². The number of fused-ring (bicyclic) bond motifs is 2. The maximum atomic E-state index is 12.5.